The fraction of sp³-hybridized carbons (Fsp3) is 0.263. The van der Waals surface area contributed by atoms with Crippen LogP contribution in [0.2, 0.25) is 0 Å². The number of carbonyl (C=O) groups excluding carboxylic acids is 2. The highest BCUT2D eigenvalue weighted by Gasteiger charge is 2.06. The first-order chi connectivity index (χ1) is 12.6. The Balaban J connectivity index is 1.63. The molecule has 0 unspecified atom stereocenters. The van der Waals surface area contributed by atoms with Crippen molar-refractivity contribution in [2.45, 2.75) is 6.92 Å². The van der Waals surface area contributed by atoms with Crippen molar-refractivity contribution in [1.29, 1.82) is 0 Å². The van der Waals surface area contributed by atoms with Gasteiger partial charge in [0, 0.05) is 18.7 Å². The molecule has 0 spiro atoms. The molecule has 0 aliphatic carbocycles. The summed E-state index contributed by atoms with van der Waals surface area (Å²) in [6.45, 7) is 2.82. The molecular weight excluding hydrogens is 339 g/mol. The monoisotopic (exact) mass is 360 g/mol. The number of nitrogens with one attached hydrogen (secondary N) is 2. The molecule has 0 aromatic heterocycles. The summed E-state index contributed by atoms with van der Waals surface area (Å²) in [6.07, 6.45) is 0. The van der Waals surface area contributed by atoms with E-state index in [9.17, 15) is 14.0 Å². The van der Waals surface area contributed by atoms with E-state index in [-0.39, 0.29) is 31.2 Å². The van der Waals surface area contributed by atoms with Crippen molar-refractivity contribution in [2.24, 2.45) is 0 Å². The van der Waals surface area contributed by atoms with Gasteiger partial charge in [-0.05, 0) is 49.4 Å². The van der Waals surface area contributed by atoms with Crippen LogP contribution in [-0.2, 0) is 4.79 Å². The fourth-order valence-corrected chi connectivity index (χ4v) is 2.11. The third kappa shape index (κ3) is 6.43. The summed E-state index contributed by atoms with van der Waals surface area (Å²) in [5.74, 6) is 0.113. The number of ether oxygens (including phenoxy) is 2. The molecule has 6 nitrogen and oxygen atoms in total. The first-order valence-electron chi connectivity index (χ1n) is 8.24. The van der Waals surface area contributed by atoms with Gasteiger partial charge in [0.15, 0.2) is 6.61 Å². The van der Waals surface area contributed by atoms with Gasteiger partial charge in [-0.15, -0.1) is 0 Å². The van der Waals surface area contributed by atoms with Crippen molar-refractivity contribution in [3.8, 4) is 11.5 Å². The van der Waals surface area contributed by atoms with Gasteiger partial charge in [0.25, 0.3) is 11.8 Å². The molecule has 0 bridgehead atoms. The number of amides is 2. The molecule has 26 heavy (non-hydrogen) atoms. The summed E-state index contributed by atoms with van der Waals surface area (Å²) in [6, 6.07) is 12.4. The van der Waals surface area contributed by atoms with Crippen LogP contribution in [-0.4, -0.2) is 38.1 Å². The highest BCUT2D eigenvalue weighted by molar-refractivity contribution is 5.94. The zero-order chi connectivity index (χ0) is 18.8. The largest absolute Gasteiger partial charge is 0.494 e. The van der Waals surface area contributed by atoms with Gasteiger partial charge in [0.05, 0.1) is 6.61 Å². The lowest BCUT2D eigenvalue weighted by Gasteiger charge is -2.09. The SMILES string of the molecule is CCOc1ccc(OCC(=O)NCCNC(=O)c2cccc(F)c2)cc1. The first-order valence-corrected chi connectivity index (χ1v) is 8.24. The molecule has 0 aliphatic heterocycles. The molecule has 0 saturated heterocycles. The Morgan fingerprint density at radius 3 is 2.27 bits per heavy atom. The van der Waals surface area contributed by atoms with E-state index >= 15 is 0 Å². The lowest BCUT2D eigenvalue weighted by Crippen LogP contribution is -2.36. The molecule has 2 N–H and O–H groups in total. The minimum absolute atomic E-state index is 0.133. The number of carbonyl (C=O) groups is 2. The molecule has 2 amide bonds. The molecule has 0 radical (unpaired) electrons. The highest BCUT2D eigenvalue weighted by atomic mass is 19.1. The van der Waals surface area contributed by atoms with Crippen molar-refractivity contribution in [1.82, 2.24) is 10.6 Å². The summed E-state index contributed by atoms with van der Waals surface area (Å²) < 4.78 is 23.7. The molecule has 2 rings (SSSR count). The quantitative estimate of drug-likeness (QED) is 0.672. The summed E-state index contributed by atoms with van der Waals surface area (Å²) >= 11 is 0. The van der Waals surface area contributed by atoms with Crippen LogP contribution in [0.25, 0.3) is 0 Å². The molecule has 0 fully saturated rings. The molecule has 7 heteroatoms. The van der Waals surface area contributed by atoms with Crippen LogP contribution >= 0.6 is 0 Å². The van der Waals surface area contributed by atoms with Crippen LogP contribution in [0, 0.1) is 5.82 Å². The second kappa shape index (κ2) is 10.0. The molecular formula is C19H21FN2O4. The maximum absolute atomic E-state index is 13.0. The Kier molecular flexibility index (Phi) is 7.42. The predicted molar refractivity (Wildman–Crippen MR) is 94.8 cm³/mol. The Hall–Kier alpha value is -3.09. The zero-order valence-corrected chi connectivity index (χ0v) is 14.5. The highest BCUT2D eigenvalue weighted by Crippen LogP contribution is 2.17. The standard InChI is InChI=1S/C19H21FN2O4/c1-2-25-16-6-8-17(9-7-16)26-13-18(23)21-10-11-22-19(24)14-4-3-5-15(20)12-14/h3-9,12H,2,10-11,13H2,1H3,(H,21,23)(H,22,24). The van der Waals surface area contributed by atoms with Crippen molar-refractivity contribution in [3.05, 3.63) is 59.9 Å². The number of rotatable bonds is 9. The molecule has 0 saturated carbocycles. The maximum Gasteiger partial charge on any atom is 0.258 e. The second-order valence-electron chi connectivity index (χ2n) is 5.31. The van der Waals surface area contributed by atoms with Crippen LogP contribution < -0.4 is 20.1 Å². The van der Waals surface area contributed by atoms with Crippen LogP contribution in [0.1, 0.15) is 17.3 Å². The summed E-state index contributed by atoms with van der Waals surface area (Å²) in [5, 5.41) is 5.22. The van der Waals surface area contributed by atoms with E-state index in [1.165, 1.54) is 18.2 Å². The van der Waals surface area contributed by atoms with Crippen LogP contribution in [0.5, 0.6) is 11.5 Å². The number of halogens is 1. The van der Waals surface area contributed by atoms with Gasteiger partial charge in [-0.25, -0.2) is 4.39 Å². The third-order valence-electron chi connectivity index (χ3n) is 3.32. The van der Waals surface area contributed by atoms with Gasteiger partial charge in [-0.2, -0.15) is 0 Å². The van der Waals surface area contributed by atoms with Gasteiger partial charge in [-0.3, -0.25) is 9.59 Å². The first kappa shape index (κ1) is 19.2. The van der Waals surface area contributed by atoms with Crippen LogP contribution in [0.4, 0.5) is 4.39 Å². The summed E-state index contributed by atoms with van der Waals surface area (Å²) in [7, 11) is 0. The number of hydrogen-bond donors (Lipinski definition) is 2. The third-order valence-corrected chi connectivity index (χ3v) is 3.32. The van der Waals surface area contributed by atoms with E-state index in [0.717, 1.165) is 11.8 Å². The number of benzene rings is 2. The van der Waals surface area contributed by atoms with Gasteiger partial charge >= 0.3 is 0 Å². The van der Waals surface area contributed by atoms with Crippen molar-refractivity contribution >= 4 is 11.8 Å². The Labute approximate surface area is 151 Å². The topological polar surface area (TPSA) is 76.7 Å². The minimum Gasteiger partial charge on any atom is -0.494 e. The van der Waals surface area contributed by atoms with Crippen LogP contribution in [0.3, 0.4) is 0 Å². The Morgan fingerprint density at radius 1 is 0.962 bits per heavy atom. The van der Waals surface area contributed by atoms with Gasteiger partial charge in [-0.1, -0.05) is 6.07 Å². The fourth-order valence-electron chi connectivity index (χ4n) is 2.11. The minimum atomic E-state index is -0.475. The Bertz CT molecular complexity index is 735. The van der Waals surface area contributed by atoms with Crippen LogP contribution in [0.15, 0.2) is 48.5 Å². The average molecular weight is 360 g/mol. The molecule has 138 valence electrons. The van der Waals surface area contributed by atoms with E-state index < -0.39 is 11.7 Å². The molecule has 2 aromatic carbocycles. The molecule has 0 heterocycles. The smallest absolute Gasteiger partial charge is 0.258 e. The van der Waals surface area contributed by atoms with E-state index in [4.69, 9.17) is 9.47 Å². The Morgan fingerprint density at radius 2 is 1.62 bits per heavy atom. The molecule has 0 atom stereocenters. The van der Waals surface area contributed by atoms with E-state index in [0.29, 0.717) is 12.4 Å². The van der Waals surface area contributed by atoms with Gasteiger partial charge in [0.1, 0.15) is 17.3 Å². The zero-order valence-electron chi connectivity index (χ0n) is 14.5. The predicted octanol–water partition coefficient (Wildman–Crippen LogP) is 2.15. The van der Waals surface area contributed by atoms with Gasteiger partial charge < -0.3 is 20.1 Å². The van der Waals surface area contributed by atoms with Gasteiger partial charge in [0.2, 0.25) is 0 Å². The van der Waals surface area contributed by atoms with E-state index in [2.05, 4.69) is 10.6 Å². The van der Waals surface area contributed by atoms with E-state index in [1.807, 2.05) is 6.92 Å². The summed E-state index contributed by atoms with van der Waals surface area (Å²) in [4.78, 5) is 23.5. The number of hydrogen-bond acceptors (Lipinski definition) is 4. The van der Waals surface area contributed by atoms with Crippen molar-refractivity contribution in [2.75, 3.05) is 26.3 Å². The maximum atomic E-state index is 13.0. The molecule has 2 aromatic rings. The second-order valence-corrected chi connectivity index (χ2v) is 5.31. The summed E-state index contributed by atoms with van der Waals surface area (Å²) in [5.41, 5.74) is 0.232. The van der Waals surface area contributed by atoms with Crippen molar-refractivity contribution in [3.63, 3.8) is 0 Å². The molecule has 0 aliphatic rings. The average Bonchev–Trinajstić information content (AvgIpc) is 2.65. The lowest BCUT2D eigenvalue weighted by atomic mass is 10.2. The lowest BCUT2D eigenvalue weighted by molar-refractivity contribution is -0.123. The normalized spacial score (nSPS) is 10.1. The van der Waals surface area contributed by atoms with E-state index in [1.54, 1.807) is 24.3 Å². The van der Waals surface area contributed by atoms with Crippen molar-refractivity contribution < 1.29 is 23.5 Å².